The van der Waals surface area contributed by atoms with Gasteiger partial charge >= 0.3 is 5.97 Å². The van der Waals surface area contributed by atoms with E-state index >= 15 is 0 Å². The molecule has 0 saturated carbocycles. The highest BCUT2D eigenvalue weighted by Gasteiger charge is 2.16. The maximum atomic E-state index is 11.3. The summed E-state index contributed by atoms with van der Waals surface area (Å²) in [5, 5.41) is 9.65. The highest BCUT2D eigenvalue weighted by molar-refractivity contribution is 7.99. The zero-order chi connectivity index (χ0) is 15.1. The second-order valence-electron chi connectivity index (χ2n) is 4.47. The summed E-state index contributed by atoms with van der Waals surface area (Å²) >= 11 is 1.44. The molecule has 0 spiro atoms. The van der Waals surface area contributed by atoms with Crippen molar-refractivity contribution in [2.75, 3.05) is 12.4 Å². The van der Waals surface area contributed by atoms with E-state index in [2.05, 4.69) is 12.1 Å². The highest BCUT2D eigenvalue weighted by Crippen LogP contribution is 2.24. The van der Waals surface area contributed by atoms with Gasteiger partial charge < -0.3 is 9.84 Å². The second kappa shape index (κ2) is 7.86. The Morgan fingerprint density at radius 3 is 2.33 bits per heavy atom. The molecule has 0 unspecified atom stereocenters. The van der Waals surface area contributed by atoms with E-state index < -0.39 is 12.1 Å². The third-order valence-corrected chi connectivity index (χ3v) is 4.02. The molecule has 0 aliphatic heterocycles. The van der Waals surface area contributed by atoms with E-state index in [0.29, 0.717) is 5.75 Å². The average Bonchev–Trinajstić information content (AvgIpc) is 2.54. The van der Waals surface area contributed by atoms with E-state index in [1.165, 1.54) is 17.3 Å². The molecule has 1 atom stereocenters. The van der Waals surface area contributed by atoms with E-state index in [9.17, 15) is 9.90 Å². The van der Waals surface area contributed by atoms with Crippen LogP contribution in [0.5, 0.6) is 0 Å². The van der Waals surface area contributed by atoms with Gasteiger partial charge in [-0.1, -0.05) is 42.5 Å². The van der Waals surface area contributed by atoms with Gasteiger partial charge in [-0.05, 0) is 30.2 Å². The summed E-state index contributed by atoms with van der Waals surface area (Å²) < 4.78 is 4.77. The lowest BCUT2D eigenvalue weighted by Gasteiger charge is -2.09. The number of aliphatic hydroxyl groups excluding tert-OH is 1. The van der Waals surface area contributed by atoms with Gasteiger partial charge in [-0.15, -0.1) is 11.8 Å². The number of benzene rings is 2. The van der Waals surface area contributed by atoms with E-state index in [1.807, 2.05) is 42.5 Å². The SMILES string of the molecule is CCOC(=O)[C@@H](O)CSc1ccc(-c2ccccc2)cc1. The van der Waals surface area contributed by atoms with Crippen molar-refractivity contribution in [3.8, 4) is 11.1 Å². The van der Waals surface area contributed by atoms with Crippen molar-refractivity contribution < 1.29 is 14.6 Å². The molecule has 2 aromatic carbocycles. The first-order chi connectivity index (χ1) is 10.2. The maximum Gasteiger partial charge on any atom is 0.335 e. The normalized spacial score (nSPS) is 11.9. The second-order valence-corrected chi connectivity index (χ2v) is 5.56. The molecule has 0 bridgehead atoms. The molecule has 110 valence electrons. The summed E-state index contributed by atoms with van der Waals surface area (Å²) in [5.41, 5.74) is 2.31. The van der Waals surface area contributed by atoms with Crippen LogP contribution in [0.1, 0.15) is 6.92 Å². The first-order valence-corrected chi connectivity index (χ1v) is 7.82. The van der Waals surface area contributed by atoms with Gasteiger partial charge in [-0.3, -0.25) is 0 Å². The Kier molecular flexibility index (Phi) is 5.84. The summed E-state index contributed by atoms with van der Waals surface area (Å²) in [6, 6.07) is 18.2. The number of rotatable bonds is 6. The lowest BCUT2D eigenvalue weighted by Crippen LogP contribution is -2.25. The molecular formula is C17H18O3S. The molecule has 0 heterocycles. The highest BCUT2D eigenvalue weighted by atomic mass is 32.2. The summed E-state index contributed by atoms with van der Waals surface area (Å²) in [7, 11) is 0. The molecular weight excluding hydrogens is 284 g/mol. The van der Waals surface area contributed by atoms with Gasteiger partial charge in [0.1, 0.15) is 0 Å². The topological polar surface area (TPSA) is 46.5 Å². The molecule has 2 rings (SSSR count). The standard InChI is InChI=1S/C17H18O3S/c1-2-20-17(19)16(18)12-21-15-10-8-14(9-11-15)13-6-4-3-5-7-13/h3-11,16,18H,2,12H2,1H3/t16-/m0/s1. The number of thioether (sulfide) groups is 1. The number of carbonyl (C=O) groups excluding carboxylic acids is 1. The summed E-state index contributed by atoms with van der Waals surface area (Å²) in [4.78, 5) is 12.3. The monoisotopic (exact) mass is 302 g/mol. The smallest absolute Gasteiger partial charge is 0.335 e. The van der Waals surface area contributed by atoms with Crippen LogP contribution in [-0.4, -0.2) is 29.5 Å². The van der Waals surface area contributed by atoms with Crippen molar-refractivity contribution in [3.63, 3.8) is 0 Å². The zero-order valence-corrected chi connectivity index (χ0v) is 12.7. The van der Waals surface area contributed by atoms with Gasteiger partial charge in [-0.25, -0.2) is 4.79 Å². The summed E-state index contributed by atoms with van der Waals surface area (Å²) in [5.74, 6) is -0.269. The van der Waals surface area contributed by atoms with E-state index in [4.69, 9.17) is 4.74 Å². The predicted octanol–water partition coefficient (Wildman–Crippen LogP) is 3.37. The summed E-state index contributed by atoms with van der Waals surface area (Å²) in [6.07, 6.45) is -1.08. The van der Waals surface area contributed by atoms with Crippen LogP contribution < -0.4 is 0 Å². The minimum absolute atomic E-state index is 0.284. The van der Waals surface area contributed by atoms with E-state index in [1.54, 1.807) is 6.92 Å². The molecule has 3 nitrogen and oxygen atoms in total. The van der Waals surface area contributed by atoms with Gasteiger partial charge in [0.05, 0.1) is 6.61 Å². The Labute approximate surface area is 129 Å². The number of hydrogen-bond acceptors (Lipinski definition) is 4. The fourth-order valence-electron chi connectivity index (χ4n) is 1.86. The predicted molar refractivity (Wildman–Crippen MR) is 85.2 cm³/mol. The third-order valence-electron chi connectivity index (χ3n) is 2.93. The first-order valence-electron chi connectivity index (χ1n) is 6.83. The van der Waals surface area contributed by atoms with Crippen molar-refractivity contribution in [1.29, 1.82) is 0 Å². The molecule has 0 fully saturated rings. The van der Waals surface area contributed by atoms with Crippen molar-refractivity contribution in [1.82, 2.24) is 0 Å². The van der Waals surface area contributed by atoms with E-state index in [0.717, 1.165) is 10.5 Å². The van der Waals surface area contributed by atoms with Crippen LogP contribution >= 0.6 is 11.8 Å². The molecule has 0 saturated heterocycles. The molecule has 0 amide bonds. The molecule has 0 radical (unpaired) electrons. The number of aliphatic hydroxyl groups is 1. The van der Waals surface area contributed by atoms with Gasteiger partial charge in [0.25, 0.3) is 0 Å². The van der Waals surface area contributed by atoms with Gasteiger partial charge in [-0.2, -0.15) is 0 Å². The lowest BCUT2D eigenvalue weighted by molar-refractivity contribution is -0.151. The van der Waals surface area contributed by atoms with Crippen LogP contribution in [0, 0.1) is 0 Å². The minimum Gasteiger partial charge on any atom is -0.464 e. The van der Waals surface area contributed by atoms with Crippen molar-refractivity contribution >= 4 is 17.7 Å². The number of ether oxygens (including phenoxy) is 1. The van der Waals surface area contributed by atoms with Gasteiger partial charge in [0.2, 0.25) is 0 Å². The van der Waals surface area contributed by atoms with Gasteiger partial charge in [0, 0.05) is 10.6 Å². The minimum atomic E-state index is -1.08. The van der Waals surface area contributed by atoms with E-state index in [-0.39, 0.29) is 6.61 Å². The number of esters is 1. The van der Waals surface area contributed by atoms with Crippen LogP contribution in [0.15, 0.2) is 59.5 Å². The molecule has 0 aliphatic carbocycles. The summed E-state index contributed by atoms with van der Waals surface area (Å²) in [6.45, 7) is 2.01. The van der Waals surface area contributed by atoms with Crippen molar-refractivity contribution in [3.05, 3.63) is 54.6 Å². The number of hydrogen-bond donors (Lipinski definition) is 1. The fourth-order valence-corrected chi connectivity index (χ4v) is 2.67. The van der Waals surface area contributed by atoms with Crippen LogP contribution in [0.2, 0.25) is 0 Å². The van der Waals surface area contributed by atoms with Crippen LogP contribution in [-0.2, 0) is 9.53 Å². The molecule has 4 heteroatoms. The van der Waals surface area contributed by atoms with Crippen LogP contribution in [0.4, 0.5) is 0 Å². The molecule has 1 N–H and O–H groups in total. The molecule has 0 aliphatic rings. The Balaban J connectivity index is 1.93. The van der Waals surface area contributed by atoms with Crippen LogP contribution in [0.25, 0.3) is 11.1 Å². The van der Waals surface area contributed by atoms with Crippen LogP contribution in [0.3, 0.4) is 0 Å². The van der Waals surface area contributed by atoms with Crippen molar-refractivity contribution in [2.24, 2.45) is 0 Å². The lowest BCUT2D eigenvalue weighted by atomic mass is 10.1. The molecule has 0 aromatic heterocycles. The molecule has 2 aromatic rings. The Bertz CT molecular complexity index is 566. The fraction of sp³-hybridized carbons (Fsp3) is 0.235. The Hall–Kier alpha value is -1.78. The molecule has 21 heavy (non-hydrogen) atoms. The van der Waals surface area contributed by atoms with Crippen molar-refractivity contribution in [2.45, 2.75) is 17.9 Å². The Morgan fingerprint density at radius 2 is 1.71 bits per heavy atom. The maximum absolute atomic E-state index is 11.3. The first kappa shape index (κ1) is 15.6. The van der Waals surface area contributed by atoms with Gasteiger partial charge in [0.15, 0.2) is 6.10 Å². The third kappa shape index (κ3) is 4.62. The number of carbonyl (C=O) groups is 1. The largest absolute Gasteiger partial charge is 0.464 e. The quantitative estimate of drug-likeness (QED) is 0.656. The average molecular weight is 302 g/mol. The Morgan fingerprint density at radius 1 is 1.10 bits per heavy atom. The zero-order valence-electron chi connectivity index (χ0n) is 11.9.